The van der Waals surface area contributed by atoms with E-state index in [1.54, 1.807) is 13.8 Å². The number of carbonyl (C=O) groups is 1. The molecule has 0 aliphatic rings. The summed E-state index contributed by atoms with van der Waals surface area (Å²) in [5.74, 6) is -0.381. The van der Waals surface area contributed by atoms with Crippen LogP contribution in [-0.4, -0.2) is 23.3 Å². The fourth-order valence-corrected chi connectivity index (χ4v) is 0.933. The third-order valence-electron chi connectivity index (χ3n) is 1.75. The fourth-order valence-electron chi connectivity index (χ4n) is 0.933. The second-order valence-electron chi connectivity index (χ2n) is 5.51. The largest absolute Gasteiger partial charge is 0.396 e. The molecule has 0 radical (unpaired) electrons. The van der Waals surface area contributed by atoms with Gasteiger partial charge in [-0.05, 0) is 19.3 Å². The molecule has 0 bridgehead atoms. The van der Waals surface area contributed by atoms with Gasteiger partial charge in [0.05, 0.1) is 6.42 Å². The van der Waals surface area contributed by atoms with Gasteiger partial charge in [0.2, 0.25) is 0 Å². The normalized spacial score (nSPS) is 12.7. The second-order valence-corrected chi connectivity index (χ2v) is 5.51. The van der Waals surface area contributed by atoms with Crippen LogP contribution in [0.2, 0.25) is 0 Å². The van der Waals surface area contributed by atoms with Crippen LogP contribution in [0.4, 0.5) is 0 Å². The highest BCUT2D eigenvalue weighted by atomic mass is 17.2. The molecule has 0 aromatic carbocycles. The molecule has 0 amide bonds. The van der Waals surface area contributed by atoms with Crippen LogP contribution in [0.25, 0.3) is 0 Å². The maximum Gasteiger partial charge on any atom is 0.342 e. The van der Waals surface area contributed by atoms with Crippen molar-refractivity contribution in [2.24, 2.45) is 5.41 Å². The number of carbonyl (C=O) groups excluding carboxylic acids is 1. The van der Waals surface area contributed by atoms with Crippen LogP contribution >= 0.6 is 0 Å². The van der Waals surface area contributed by atoms with Crippen LogP contribution in [0.15, 0.2) is 0 Å². The topological polar surface area (TPSA) is 55.8 Å². The first-order valence-corrected chi connectivity index (χ1v) is 5.16. The molecule has 15 heavy (non-hydrogen) atoms. The van der Waals surface area contributed by atoms with Crippen molar-refractivity contribution in [2.45, 2.75) is 53.1 Å². The lowest BCUT2D eigenvalue weighted by molar-refractivity contribution is -0.328. The summed E-state index contributed by atoms with van der Waals surface area (Å²) >= 11 is 0. The summed E-state index contributed by atoms with van der Waals surface area (Å²) in [6.45, 7) is 9.37. The van der Waals surface area contributed by atoms with Crippen molar-refractivity contribution in [1.82, 2.24) is 0 Å². The van der Waals surface area contributed by atoms with Gasteiger partial charge in [0, 0.05) is 13.0 Å². The van der Waals surface area contributed by atoms with Gasteiger partial charge in [-0.2, -0.15) is 4.89 Å². The Bertz CT molecular complexity index is 203. The van der Waals surface area contributed by atoms with Crippen LogP contribution in [-0.2, 0) is 14.6 Å². The molecule has 90 valence electrons. The van der Waals surface area contributed by atoms with Crippen LogP contribution in [0, 0.1) is 5.41 Å². The van der Waals surface area contributed by atoms with E-state index in [1.807, 2.05) is 20.8 Å². The highest BCUT2D eigenvalue weighted by Gasteiger charge is 2.23. The molecule has 0 saturated heterocycles. The van der Waals surface area contributed by atoms with E-state index in [9.17, 15) is 4.79 Å². The van der Waals surface area contributed by atoms with Crippen LogP contribution in [0.1, 0.15) is 47.5 Å². The van der Waals surface area contributed by atoms with Crippen molar-refractivity contribution in [3.63, 3.8) is 0 Å². The third kappa shape index (κ3) is 8.39. The van der Waals surface area contributed by atoms with Gasteiger partial charge in [-0.15, -0.1) is 0 Å². The number of aliphatic hydroxyl groups excluding tert-OH is 1. The summed E-state index contributed by atoms with van der Waals surface area (Å²) in [4.78, 5) is 21.0. The highest BCUT2D eigenvalue weighted by molar-refractivity contribution is 5.69. The van der Waals surface area contributed by atoms with Gasteiger partial charge in [-0.25, -0.2) is 4.79 Å². The van der Waals surface area contributed by atoms with Gasteiger partial charge in [-0.3, -0.25) is 4.89 Å². The minimum Gasteiger partial charge on any atom is -0.396 e. The Kier molecular flexibility index (Phi) is 5.24. The molecule has 0 unspecified atom stereocenters. The molecule has 0 aliphatic carbocycles. The molecule has 4 nitrogen and oxygen atoms in total. The van der Waals surface area contributed by atoms with Gasteiger partial charge < -0.3 is 5.11 Å². The molecular formula is C11H22O4. The summed E-state index contributed by atoms with van der Waals surface area (Å²) in [6, 6.07) is 0. The minimum atomic E-state index is -0.637. The summed E-state index contributed by atoms with van der Waals surface area (Å²) in [5.41, 5.74) is -0.746. The van der Waals surface area contributed by atoms with Crippen LogP contribution in [0.5, 0.6) is 0 Å². The predicted octanol–water partition coefficient (Wildman–Crippen LogP) is 2.06. The molecule has 0 spiro atoms. The average Bonchev–Trinajstić information content (AvgIpc) is 1.98. The SMILES string of the molecule is CC(C)(C)CC(=O)OOC(C)(C)CCO. The van der Waals surface area contributed by atoms with Crippen molar-refractivity contribution in [2.75, 3.05) is 6.61 Å². The van der Waals surface area contributed by atoms with Gasteiger partial charge >= 0.3 is 5.97 Å². The molecule has 0 heterocycles. The Morgan fingerprint density at radius 1 is 1.20 bits per heavy atom. The fraction of sp³-hybridized carbons (Fsp3) is 0.909. The lowest BCUT2D eigenvalue weighted by atomic mass is 9.93. The molecule has 0 aromatic heterocycles. The molecule has 0 saturated carbocycles. The Hall–Kier alpha value is -0.610. The summed E-state index contributed by atoms with van der Waals surface area (Å²) in [7, 11) is 0. The van der Waals surface area contributed by atoms with E-state index >= 15 is 0 Å². The molecular weight excluding hydrogens is 196 g/mol. The van der Waals surface area contributed by atoms with Crippen molar-refractivity contribution in [3.8, 4) is 0 Å². The van der Waals surface area contributed by atoms with Crippen molar-refractivity contribution >= 4 is 5.97 Å². The number of hydrogen-bond acceptors (Lipinski definition) is 4. The quantitative estimate of drug-likeness (QED) is 0.567. The molecule has 0 atom stereocenters. The van der Waals surface area contributed by atoms with E-state index in [2.05, 4.69) is 4.89 Å². The second kappa shape index (κ2) is 5.47. The maximum atomic E-state index is 11.3. The zero-order valence-corrected chi connectivity index (χ0v) is 10.3. The zero-order chi connectivity index (χ0) is 12.1. The maximum absolute atomic E-state index is 11.3. The Labute approximate surface area is 91.5 Å². The lowest BCUT2D eigenvalue weighted by Gasteiger charge is -2.23. The number of hydrogen-bond donors (Lipinski definition) is 1. The highest BCUT2D eigenvalue weighted by Crippen LogP contribution is 2.20. The molecule has 4 heteroatoms. The molecule has 0 aromatic rings. The van der Waals surface area contributed by atoms with E-state index < -0.39 is 5.60 Å². The molecule has 0 fully saturated rings. The first kappa shape index (κ1) is 14.4. The average molecular weight is 218 g/mol. The molecule has 0 rings (SSSR count). The van der Waals surface area contributed by atoms with Gasteiger partial charge in [0.25, 0.3) is 0 Å². The van der Waals surface area contributed by atoms with E-state index in [-0.39, 0.29) is 18.0 Å². The standard InChI is InChI=1S/C11H22O4/c1-10(2,3)8-9(13)14-15-11(4,5)6-7-12/h12H,6-8H2,1-5H3. The first-order chi connectivity index (χ1) is 6.66. The van der Waals surface area contributed by atoms with E-state index in [0.717, 1.165) is 0 Å². The van der Waals surface area contributed by atoms with Crippen LogP contribution < -0.4 is 0 Å². The summed E-state index contributed by atoms with van der Waals surface area (Å²) in [6.07, 6.45) is 0.734. The van der Waals surface area contributed by atoms with E-state index in [1.165, 1.54) is 0 Å². The Morgan fingerprint density at radius 2 is 1.73 bits per heavy atom. The number of rotatable bonds is 5. The van der Waals surface area contributed by atoms with Crippen LogP contribution in [0.3, 0.4) is 0 Å². The zero-order valence-electron chi connectivity index (χ0n) is 10.3. The lowest BCUT2D eigenvalue weighted by Crippen LogP contribution is -2.28. The third-order valence-corrected chi connectivity index (χ3v) is 1.75. The smallest absolute Gasteiger partial charge is 0.342 e. The minimum absolute atomic E-state index is 0.00379. The summed E-state index contributed by atoms with van der Waals surface area (Å²) < 4.78 is 0. The summed E-state index contributed by atoms with van der Waals surface area (Å²) in [5, 5.41) is 8.73. The van der Waals surface area contributed by atoms with Gasteiger partial charge in [0.15, 0.2) is 0 Å². The van der Waals surface area contributed by atoms with Gasteiger partial charge in [-0.1, -0.05) is 20.8 Å². The predicted molar refractivity (Wildman–Crippen MR) is 57.0 cm³/mol. The van der Waals surface area contributed by atoms with E-state index in [4.69, 9.17) is 9.99 Å². The van der Waals surface area contributed by atoms with Crippen molar-refractivity contribution < 1.29 is 19.7 Å². The Morgan fingerprint density at radius 3 is 2.13 bits per heavy atom. The first-order valence-electron chi connectivity index (χ1n) is 5.16. The van der Waals surface area contributed by atoms with Crippen molar-refractivity contribution in [3.05, 3.63) is 0 Å². The van der Waals surface area contributed by atoms with E-state index in [0.29, 0.717) is 12.8 Å². The number of aliphatic hydroxyl groups is 1. The van der Waals surface area contributed by atoms with Gasteiger partial charge in [0.1, 0.15) is 5.60 Å². The molecule has 1 N–H and O–H groups in total. The molecule has 0 aliphatic heterocycles. The van der Waals surface area contributed by atoms with Crippen molar-refractivity contribution in [1.29, 1.82) is 0 Å². The Balaban J connectivity index is 3.90. The monoisotopic (exact) mass is 218 g/mol.